The van der Waals surface area contributed by atoms with E-state index in [2.05, 4.69) is 10.2 Å². The first kappa shape index (κ1) is 13.4. The van der Waals surface area contributed by atoms with Crippen LogP contribution in [0.1, 0.15) is 12.8 Å². The van der Waals surface area contributed by atoms with Crippen molar-refractivity contribution in [2.45, 2.75) is 36.8 Å². The molecular weight excluding hydrogens is 260 g/mol. The zero-order chi connectivity index (χ0) is 13.6. The van der Waals surface area contributed by atoms with Crippen LogP contribution in [0.2, 0.25) is 0 Å². The molecule has 0 aromatic heterocycles. The van der Waals surface area contributed by atoms with Gasteiger partial charge in [0.1, 0.15) is 12.3 Å². The van der Waals surface area contributed by atoms with Crippen LogP contribution < -0.4 is 5.32 Å². The number of ether oxygens (including phenoxy) is 3. The van der Waals surface area contributed by atoms with Crippen molar-refractivity contribution >= 4 is 0 Å². The van der Waals surface area contributed by atoms with Crippen LogP contribution in [-0.2, 0) is 14.2 Å². The standard InChI is InChI=1S/C14H24N2O4/c17-13(16-3-5-18-6-4-16)10-1-2-14(9-15-14)12-11(10)19-7-8-20-12/h10-13,15,17H,1-9H2. The second kappa shape index (κ2) is 5.19. The number of hydrogen-bond acceptors (Lipinski definition) is 6. The number of rotatable bonds is 2. The summed E-state index contributed by atoms with van der Waals surface area (Å²) in [5.41, 5.74) is 0.131. The van der Waals surface area contributed by atoms with Gasteiger partial charge in [0.25, 0.3) is 0 Å². The van der Waals surface area contributed by atoms with Crippen molar-refractivity contribution in [1.82, 2.24) is 10.2 Å². The molecule has 5 unspecified atom stereocenters. The lowest BCUT2D eigenvalue weighted by atomic mass is 9.75. The second-order valence-electron chi connectivity index (χ2n) is 6.40. The van der Waals surface area contributed by atoms with Crippen LogP contribution in [0.5, 0.6) is 0 Å². The maximum Gasteiger partial charge on any atom is 0.112 e. The predicted octanol–water partition coefficient (Wildman–Crippen LogP) is -0.827. The van der Waals surface area contributed by atoms with Gasteiger partial charge in [-0.1, -0.05) is 0 Å². The molecule has 1 aliphatic carbocycles. The molecule has 3 heterocycles. The summed E-state index contributed by atoms with van der Waals surface area (Å²) >= 11 is 0. The van der Waals surface area contributed by atoms with Crippen LogP contribution >= 0.6 is 0 Å². The van der Waals surface area contributed by atoms with E-state index < -0.39 is 6.23 Å². The van der Waals surface area contributed by atoms with Crippen molar-refractivity contribution in [3.63, 3.8) is 0 Å². The lowest BCUT2D eigenvalue weighted by Crippen LogP contribution is -2.61. The molecule has 1 spiro atoms. The van der Waals surface area contributed by atoms with Crippen LogP contribution in [0.15, 0.2) is 0 Å². The Balaban J connectivity index is 1.49. The van der Waals surface area contributed by atoms with E-state index in [0.717, 1.165) is 32.5 Å². The van der Waals surface area contributed by atoms with Gasteiger partial charge >= 0.3 is 0 Å². The normalized spacial score (nSPS) is 47.0. The third-order valence-corrected chi connectivity index (χ3v) is 5.31. The van der Waals surface area contributed by atoms with Gasteiger partial charge in [0.2, 0.25) is 0 Å². The summed E-state index contributed by atoms with van der Waals surface area (Å²) in [6.07, 6.45) is 1.75. The molecule has 0 aromatic rings. The average molecular weight is 284 g/mol. The van der Waals surface area contributed by atoms with E-state index in [9.17, 15) is 5.11 Å². The molecule has 114 valence electrons. The van der Waals surface area contributed by atoms with Gasteiger partial charge in [-0.3, -0.25) is 4.90 Å². The smallest absolute Gasteiger partial charge is 0.112 e. The molecule has 4 rings (SSSR count). The summed E-state index contributed by atoms with van der Waals surface area (Å²) in [6, 6.07) is 0. The Kier molecular flexibility index (Phi) is 3.48. The van der Waals surface area contributed by atoms with E-state index >= 15 is 0 Å². The number of hydrogen-bond donors (Lipinski definition) is 2. The fourth-order valence-corrected chi connectivity index (χ4v) is 4.02. The zero-order valence-electron chi connectivity index (χ0n) is 11.8. The Morgan fingerprint density at radius 1 is 1.15 bits per heavy atom. The highest BCUT2D eigenvalue weighted by molar-refractivity contribution is 5.16. The summed E-state index contributed by atoms with van der Waals surface area (Å²) in [7, 11) is 0. The van der Waals surface area contributed by atoms with Crippen LogP contribution in [-0.4, -0.2) is 80.0 Å². The molecule has 6 nitrogen and oxygen atoms in total. The Morgan fingerprint density at radius 2 is 1.90 bits per heavy atom. The SMILES string of the molecule is OC(C1CCC2(CN2)C2OCCOC12)N1CCOCC1. The van der Waals surface area contributed by atoms with Crippen LogP contribution in [0.3, 0.4) is 0 Å². The highest BCUT2D eigenvalue weighted by Gasteiger charge is 2.59. The van der Waals surface area contributed by atoms with Crippen molar-refractivity contribution in [3.05, 3.63) is 0 Å². The molecule has 2 N–H and O–H groups in total. The summed E-state index contributed by atoms with van der Waals surface area (Å²) in [6.45, 7) is 5.37. The fourth-order valence-electron chi connectivity index (χ4n) is 4.02. The Labute approximate surface area is 119 Å². The Hall–Kier alpha value is -0.240. The van der Waals surface area contributed by atoms with Gasteiger partial charge in [0.15, 0.2) is 0 Å². The van der Waals surface area contributed by atoms with Crippen LogP contribution in [0.25, 0.3) is 0 Å². The average Bonchev–Trinajstić information content (AvgIpc) is 3.29. The van der Waals surface area contributed by atoms with E-state index in [0.29, 0.717) is 26.4 Å². The molecule has 0 aromatic carbocycles. The van der Waals surface area contributed by atoms with Crippen molar-refractivity contribution in [2.75, 3.05) is 46.1 Å². The molecule has 1 saturated carbocycles. The van der Waals surface area contributed by atoms with E-state index in [1.165, 1.54) is 0 Å². The number of morpholine rings is 1. The molecule has 3 saturated heterocycles. The molecule has 0 bridgehead atoms. The molecule has 20 heavy (non-hydrogen) atoms. The van der Waals surface area contributed by atoms with Gasteiger partial charge in [0.05, 0.1) is 38.1 Å². The third kappa shape index (κ3) is 2.19. The Bertz CT molecular complexity index is 357. The zero-order valence-corrected chi connectivity index (χ0v) is 11.8. The number of nitrogens with zero attached hydrogens (tertiary/aromatic N) is 1. The Morgan fingerprint density at radius 3 is 2.65 bits per heavy atom. The summed E-state index contributed by atoms with van der Waals surface area (Å²) in [4.78, 5) is 2.13. The monoisotopic (exact) mass is 284 g/mol. The minimum absolute atomic E-state index is 0.0188. The number of nitrogens with one attached hydrogen (secondary N) is 1. The quantitative estimate of drug-likeness (QED) is 0.645. The van der Waals surface area contributed by atoms with Crippen molar-refractivity contribution in [2.24, 2.45) is 5.92 Å². The van der Waals surface area contributed by atoms with Gasteiger partial charge in [-0.15, -0.1) is 0 Å². The highest BCUT2D eigenvalue weighted by Crippen LogP contribution is 2.44. The second-order valence-corrected chi connectivity index (χ2v) is 6.40. The summed E-state index contributed by atoms with van der Waals surface area (Å²) in [5, 5.41) is 14.2. The van der Waals surface area contributed by atoms with Gasteiger partial charge in [0, 0.05) is 25.6 Å². The molecule has 5 atom stereocenters. The maximum atomic E-state index is 10.7. The van der Waals surface area contributed by atoms with E-state index in [1.54, 1.807) is 0 Å². The molecule has 3 aliphatic heterocycles. The number of aliphatic hydroxyl groups excluding tert-OH is 1. The molecule has 4 fully saturated rings. The summed E-state index contributed by atoms with van der Waals surface area (Å²) in [5.74, 6) is 0.145. The first-order chi connectivity index (χ1) is 9.80. The van der Waals surface area contributed by atoms with E-state index in [4.69, 9.17) is 14.2 Å². The van der Waals surface area contributed by atoms with Gasteiger partial charge < -0.3 is 24.6 Å². The topological polar surface area (TPSA) is 73.1 Å². The van der Waals surface area contributed by atoms with Crippen molar-refractivity contribution < 1.29 is 19.3 Å². The van der Waals surface area contributed by atoms with Crippen molar-refractivity contribution in [3.8, 4) is 0 Å². The summed E-state index contributed by atoms with van der Waals surface area (Å²) < 4.78 is 17.4. The maximum absolute atomic E-state index is 10.7. The molecule has 0 radical (unpaired) electrons. The number of fused-ring (bicyclic) bond motifs is 2. The highest BCUT2D eigenvalue weighted by atomic mass is 16.6. The van der Waals surface area contributed by atoms with E-state index in [-0.39, 0.29) is 23.7 Å². The van der Waals surface area contributed by atoms with Gasteiger partial charge in [-0.05, 0) is 12.8 Å². The van der Waals surface area contributed by atoms with Gasteiger partial charge in [-0.2, -0.15) is 0 Å². The fraction of sp³-hybridized carbons (Fsp3) is 1.00. The minimum atomic E-state index is -0.441. The third-order valence-electron chi connectivity index (χ3n) is 5.31. The van der Waals surface area contributed by atoms with E-state index in [1.807, 2.05) is 0 Å². The van der Waals surface area contributed by atoms with Crippen LogP contribution in [0.4, 0.5) is 0 Å². The predicted molar refractivity (Wildman–Crippen MR) is 71.3 cm³/mol. The molecule has 0 amide bonds. The van der Waals surface area contributed by atoms with Crippen molar-refractivity contribution in [1.29, 1.82) is 0 Å². The lowest BCUT2D eigenvalue weighted by molar-refractivity contribution is -0.217. The molecule has 4 aliphatic rings. The first-order valence-corrected chi connectivity index (χ1v) is 7.78. The lowest BCUT2D eigenvalue weighted by Gasteiger charge is -2.48. The largest absolute Gasteiger partial charge is 0.379 e. The minimum Gasteiger partial charge on any atom is -0.379 e. The molecular formula is C14H24N2O4. The number of aliphatic hydroxyl groups is 1. The first-order valence-electron chi connectivity index (χ1n) is 7.78. The van der Waals surface area contributed by atoms with Gasteiger partial charge in [-0.25, -0.2) is 0 Å². The van der Waals surface area contributed by atoms with Crippen LogP contribution in [0, 0.1) is 5.92 Å². The molecule has 6 heteroatoms.